The molecule has 1 amide bonds. The summed E-state index contributed by atoms with van der Waals surface area (Å²) in [6.07, 6.45) is 0.966. The number of carboxylic acid groups (broad SMARTS) is 1. The molecule has 0 saturated carbocycles. The van der Waals surface area contributed by atoms with Gasteiger partial charge in [-0.25, -0.2) is 4.79 Å². The van der Waals surface area contributed by atoms with Gasteiger partial charge < -0.3 is 16.2 Å². The molecule has 5 heteroatoms. The lowest BCUT2D eigenvalue weighted by molar-refractivity contribution is -0.142. The Labute approximate surface area is 125 Å². The third-order valence-corrected chi connectivity index (χ3v) is 3.57. The van der Waals surface area contributed by atoms with E-state index >= 15 is 0 Å². The molecule has 0 aliphatic rings. The zero-order chi connectivity index (χ0) is 15.8. The van der Waals surface area contributed by atoms with Gasteiger partial charge in [-0.05, 0) is 24.3 Å². The van der Waals surface area contributed by atoms with Crippen LogP contribution in [0.1, 0.15) is 25.8 Å². The number of hydrogen-bond donors (Lipinski definition) is 3. The molecule has 2 atom stereocenters. The van der Waals surface area contributed by atoms with Crippen molar-refractivity contribution in [3.63, 3.8) is 0 Å². The fourth-order valence-electron chi connectivity index (χ4n) is 2.17. The van der Waals surface area contributed by atoms with E-state index in [4.69, 9.17) is 5.73 Å². The Bertz CT molecular complexity index is 460. The second-order valence-electron chi connectivity index (χ2n) is 5.51. The standard InChI is InChI=1S/C16H24N2O3/c1-11(2)13(10-17)15(19)18-14(16(20)21)9-8-12-6-4-3-5-7-12/h3-7,11,13-14H,8-10,17H2,1-2H3,(H,18,19)(H,20,21). The highest BCUT2D eigenvalue weighted by Crippen LogP contribution is 2.11. The Morgan fingerprint density at radius 2 is 1.86 bits per heavy atom. The molecular weight excluding hydrogens is 268 g/mol. The highest BCUT2D eigenvalue weighted by molar-refractivity contribution is 5.85. The maximum Gasteiger partial charge on any atom is 0.326 e. The molecule has 0 aliphatic carbocycles. The van der Waals surface area contributed by atoms with Gasteiger partial charge in [-0.2, -0.15) is 0 Å². The SMILES string of the molecule is CC(C)C(CN)C(=O)NC(CCc1ccccc1)C(=O)O. The number of aryl methyl sites for hydroxylation is 1. The van der Waals surface area contributed by atoms with Crippen LogP contribution < -0.4 is 11.1 Å². The molecule has 0 fully saturated rings. The zero-order valence-electron chi connectivity index (χ0n) is 12.6. The van der Waals surface area contributed by atoms with Crippen molar-refractivity contribution in [2.45, 2.75) is 32.7 Å². The Morgan fingerprint density at radius 1 is 1.24 bits per heavy atom. The summed E-state index contributed by atoms with van der Waals surface area (Å²) >= 11 is 0. The van der Waals surface area contributed by atoms with Gasteiger partial charge >= 0.3 is 5.97 Å². The summed E-state index contributed by atoms with van der Waals surface area (Å²) in [7, 11) is 0. The summed E-state index contributed by atoms with van der Waals surface area (Å²) in [5, 5.41) is 11.8. The number of carboxylic acids is 1. The highest BCUT2D eigenvalue weighted by atomic mass is 16.4. The van der Waals surface area contributed by atoms with Crippen LogP contribution in [0.2, 0.25) is 0 Å². The first-order chi connectivity index (χ1) is 9.95. The van der Waals surface area contributed by atoms with Gasteiger partial charge in [-0.1, -0.05) is 44.2 Å². The first-order valence-corrected chi connectivity index (χ1v) is 7.22. The van der Waals surface area contributed by atoms with Crippen molar-refractivity contribution in [2.75, 3.05) is 6.54 Å². The minimum Gasteiger partial charge on any atom is -0.480 e. The molecule has 0 heterocycles. The van der Waals surface area contributed by atoms with E-state index < -0.39 is 12.0 Å². The van der Waals surface area contributed by atoms with Crippen LogP contribution in [0.5, 0.6) is 0 Å². The van der Waals surface area contributed by atoms with E-state index in [-0.39, 0.29) is 24.3 Å². The third kappa shape index (κ3) is 5.55. The average molecular weight is 292 g/mol. The van der Waals surface area contributed by atoms with E-state index in [1.165, 1.54) is 0 Å². The second-order valence-corrected chi connectivity index (χ2v) is 5.51. The van der Waals surface area contributed by atoms with E-state index in [1.807, 2.05) is 44.2 Å². The number of hydrogen-bond acceptors (Lipinski definition) is 3. The van der Waals surface area contributed by atoms with Gasteiger partial charge in [0.05, 0.1) is 5.92 Å². The van der Waals surface area contributed by atoms with Crippen molar-refractivity contribution >= 4 is 11.9 Å². The van der Waals surface area contributed by atoms with E-state index in [0.29, 0.717) is 12.8 Å². The van der Waals surface area contributed by atoms with Crippen LogP contribution in [0.4, 0.5) is 0 Å². The van der Waals surface area contributed by atoms with Crippen LogP contribution in [0.25, 0.3) is 0 Å². The number of nitrogens with two attached hydrogens (primary N) is 1. The highest BCUT2D eigenvalue weighted by Gasteiger charge is 2.26. The van der Waals surface area contributed by atoms with Gasteiger partial charge in [0.15, 0.2) is 0 Å². The smallest absolute Gasteiger partial charge is 0.326 e. The van der Waals surface area contributed by atoms with Gasteiger partial charge in [0.2, 0.25) is 5.91 Å². The molecule has 0 spiro atoms. The van der Waals surface area contributed by atoms with Crippen molar-refractivity contribution in [1.82, 2.24) is 5.32 Å². The van der Waals surface area contributed by atoms with Crippen LogP contribution in [0, 0.1) is 11.8 Å². The molecule has 0 aromatic heterocycles. The number of carbonyl (C=O) groups excluding carboxylic acids is 1. The lowest BCUT2D eigenvalue weighted by atomic mass is 9.94. The number of rotatable bonds is 8. The predicted octanol–water partition coefficient (Wildman–Crippen LogP) is 1.42. The first kappa shape index (κ1) is 17.2. The number of carbonyl (C=O) groups is 2. The molecule has 116 valence electrons. The summed E-state index contributed by atoms with van der Waals surface area (Å²) in [5.74, 6) is -1.58. The Kier molecular flexibility index (Phi) is 6.88. The summed E-state index contributed by atoms with van der Waals surface area (Å²) in [5.41, 5.74) is 6.64. The lowest BCUT2D eigenvalue weighted by Gasteiger charge is -2.21. The second kappa shape index (κ2) is 8.42. The number of nitrogens with one attached hydrogen (secondary N) is 1. The van der Waals surface area contributed by atoms with Crippen LogP contribution in [-0.4, -0.2) is 29.6 Å². The molecule has 21 heavy (non-hydrogen) atoms. The molecule has 0 aliphatic heterocycles. The average Bonchev–Trinajstić information content (AvgIpc) is 2.44. The summed E-state index contributed by atoms with van der Waals surface area (Å²) in [6.45, 7) is 4.02. The van der Waals surface area contributed by atoms with Crippen LogP contribution in [0.3, 0.4) is 0 Å². The molecule has 0 bridgehead atoms. The van der Waals surface area contributed by atoms with Crippen LogP contribution in [-0.2, 0) is 16.0 Å². The summed E-state index contributed by atoms with van der Waals surface area (Å²) in [6, 6.07) is 8.73. The maximum atomic E-state index is 12.1. The van der Waals surface area contributed by atoms with Crippen LogP contribution >= 0.6 is 0 Å². The van der Waals surface area contributed by atoms with Gasteiger partial charge in [-0.15, -0.1) is 0 Å². The molecular formula is C16H24N2O3. The summed E-state index contributed by atoms with van der Waals surface area (Å²) in [4.78, 5) is 23.4. The quantitative estimate of drug-likeness (QED) is 0.675. The van der Waals surface area contributed by atoms with E-state index in [0.717, 1.165) is 5.56 Å². The fourth-order valence-corrected chi connectivity index (χ4v) is 2.17. The van der Waals surface area contributed by atoms with E-state index in [9.17, 15) is 14.7 Å². The fraction of sp³-hybridized carbons (Fsp3) is 0.500. The molecule has 0 radical (unpaired) electrons. The number of amides is 1. The normalized spacial score (nSPS) is 13.7. The zero-order valence-corrected chi connectivity index (χ0v) is 12.6. The molecule has 1 aromatic carbocycles. The van der Waals surface area contributed by atoms with Gasteiger partial charge in [0.25, 0.3) is 0 Å². The first-order valence-electron chi connectivity index (χ1n) is 7.22. The minimum atomic E-state index is -1.01. The molecule has 5 nitrogen and oxygen atoms in total. The monoisotopic (exact) mass is 292 g/mol. The molecule has 2 unspecified atom stereocenters. The van der Waals surface area contributed by atoms with Crippen molar-refractivity contribution in [2.24, 2.45) is 17.6 Å². The van der Waals surface area contributed by atoms with Crippen molar-refractivity contribution in [3.8, 4) is 0 Å². The Hall–Kier alpha value is -1.88. The van der Waals surface area contributed by atoms with Crippen molar-refractivity contribution in [1.29, 1.82) is 0 Å². The van der Waals surface area contributed by atoms with Crippen LogP contribution in [0.15, 0.2) is 30.3 Å². The van der Waals surface area contributed by atoms with Crippen molar-refractivity contribution in [3.05, 3.63) is 35.9 Å². The van der Waals surface area contributed by atoms with Gasteiger partial charge in [-0.3, -0.25) is 4.79 Å². The summed E-state index contributed by atoms with van der Waals surface area (Å²) < 4.78 is 0. The van der Waals surface area contributed by atoms with E-state index in [2.05, 4.69) is 5.32 Å². The topological polar surface area (TPSA) is 92.4 Å². The van der Waals surface area contributed by atoms with E-state index in [1.54, 1.807) is 0 Å². The number of aliphatic carboxylic acids is 1. The lowest BCUT2D eigenvalue weighted by Crippen LogP contribution is -2.46. The van der Waals surface area contributed by atoms with Gasteiger partial charge in [0, 0.05) is 6.54 Å². The third-order valence-electron chi connectivity index (χ3n) is 3.57. The number of benzene rings is 1. The van der Waals surface area contributed by atoms with Crippen molar-refractivity contribution < 1.29 is 14.7 Å². The molecule has 4 N–H and O–H groups in total. The minimum absolute atomic E-state index is 0.0820. The Morgan fingerprint density at radius 3 is 2.33 bits per heavy atom. The molecule has 0 saturated heterocycles. The maximum absolute atomic E-state index is 12.1. The van der Waals surface area contributed by atoms with Gasteiger partial charge in [0.1, 0.15) is 6.04 Å². The molecule has 1 aromatic rings. The Balaban J connectivity index is 2.61. The predicted molar refractivity (Wildman–Crippen MR) is 81.7 cm³/mol. The molecule has 1 rings (SSSR count). The largest absolute Gasteiger partial charge is 0.480 e.